The average molecular weight is 576 g/mol. The fourth-order valence-corrected chi connectivity index (χ4v) is 5.66. The standard InChI is InChI=1S/C29H38ClN5O3S/c1-17(2)38-26-15-22(21-11-12-31-20(6)14-21)19(5)13-25(26)34-29-32-16-23(30)28(35-29)33-24-9-7-8-10-27(24)39(36,37)18(3)4/h7-10,13,15-18,20-21,31H,11-12,14H2,1-6H3,(H2,32,33,34,35)/i12D2,18D,20D. The Bertz CT molecular complexity index is 1600. The summed E-state index contributed by atoms with van der Waals surface area (Å²) in [6, 6.07) is 8.91. The van der Waals surface area contributed by atoms with E-state index in [1.54, 1.807) is 25.1 Å². The molecule has 0 bridgehead atoms. The molecule has 2 atom stereocenters. The number of nitrogens with zero attached hydrogens (tertiary/aromatic N) is 2. The van der Waals surface area contributed by atoms with Crippen LogP contribution >= 0.6 is 11.6 Å². The van der Waals surface area contributed by atoms with Gasteiger partial charge in [0.15, 0.2) is 15.7 Å². The van der Waals surface area contributed by atoms with Gasteiger partial charge < -0.3 is 20.7 Å². The molecule has 2 heterocycles. The topological polar surface area (TPSA) is 105 Å². The van der Waals surface area contributed by atoms with Gasteiger partial charge in [0, 0.05) is 11.5 Å². The number of halogens is 1. The number of ether oxygens (including phenoxy) is 1. The largest absolute Gasteiger partial charge is 0.489 e. The van der Waals surface area contributed by atoms with Crippen molar-refractivity contribution in [2.45, 2.75) is 82.5 Å². The predicted octanol–water partition coefficient (Wildman–Crippen LogP) is 6.75. The zero-order valence-electron chi connectivity index (χ0n) is 27.0. The third kappa shape index (κ3) is 6.83. The van der Waals surface area contributed by atoms with Gasteiger partial charge in [-0.05, 0) is 102 Å². The van der Waals surface area contributed by atoms with Gasteiger partial charge in [0.1, 0.15) is 10.8 Å². The number of benzene rings is 2. The van der Waals surface area contributed by atoms with E-state index in [0.29, 0.717) is 17.9 Å². The van der Waals surface area contributed by atoms with Crippen molar-refractivity contribution >= 4 is 44.6 Å². The number of sulfone groups is 1. The van der Waals surface area contributed by atoms with Crippen LogP contribution in [0.2, 0.25) is 5.02 Å². The molecule has 0 saturated carbocycles. The van der Waals surface area contributed by atoms with Gasteiger partial charge in [-0.1, -0.05) is 23.7 Å². The third-order valence-electron chi connectivity index (χ3n) is 6.33. The summed E-state index contributed by atoms with van der Waals surface area (Å²) in [5, 5.41) is 7.34. The molecule has 0 amide bonds. The molecular formula is C29H38ClN5O3S. The Morgan fingerprint density at radius 1 is 1.21 bits per heavy atom. The van der Waals surface area contributed by atoms with Crippen molar-refractivity contribution < 1.29 is 18.6 Å². The molecule has 0 aliphatic carbocycles. The third-order valence-corrected chi connectivity index (χ3v) is 8.62. The summed E-state index contributed by atoms with van der Waals surface area (Å²) in [6.07, 6.45) is 1.88. The van der Waals surface area contributed by atoms with Crippen molar-refractivity contribution in [1.29, 1.82) is 0 Å². The van der Waals surface area contributed by atoms with E-state index >= 15 is 0 Å². The highest BCUT2D eigenvalue weighted by Gasteiger charge is 2.25. The molecule has 0 spiro atoms. The minimum absolute atomic E-state index is 0.0518. The van der Waals surface area contributed by atoms with E-state index in [9.17, 15) is 8.42 Å². The molecule has 3 N–H and O–H groups in total. The predicted molar refractivity (Wildman–Crippen MR) is 159 cm³/mol. The van der Waals surface area contributed by atoms with Crippen LogP contribution < -0.4 is 20.7 Å². The van der Waals surface area contributed by atoms with Crippen LogP contribution in [0.1, 0.15) is 70.0 Å². The number of aryl methyl sites for hydroxylation is 1. The summed E-state index contributed by atoms with van der Waals surface area (Å²) in [4.78, 5) is 8.76. The number of hydrogen-bond donors (Lipinski definition) is 3. The number of nitrogens with one attached hydrogen (secondary N) is 3. The van der Waals surface area contributed by atoms with E-state index in [2.05, 4.69) is 25.9 Å². The number of rotatable bonds is 9. The Hall–Kier alpha value is -2.88. The van der Waals surface area contributed by atoms with Crippen LogP contribution in [0.5, 0.6) is 5.75 Å². The summed E-state index contributed by atoms with van der Waals surface area (Å²) in [7, 11) is -4.00. The zero-order chi connectivity index (χ0) is 32.0. The van der Waals surface area contributed by atoms with Crippen LogP contribution in [0.4, 0.5) is 23.1 Å². The van der Waals surface area contributed by atoms with Gasteiger partial charge in [-0.15, -0.1) is 0 Å². The molecule has 4 rings (SSSR count). The first-order chi connectivity index (χ1) is 19.8. The minimum atomic E-state index is -4.00. The van der Waals surface area contributed by atoms with Crippen molar-refractivity contribution in [3.63, 3.8) is 0 Å². The normalized spacial score (nSPS) is 22.8. The highest BCUT2D eigenvalue weighted by molar-refractivity contribution is 7.92. The fourth-order valence-electron chi connectivity index (χ4n) is 4.42. The molecule has 210 valence electrons. The first-order valence-corrected chi connectivity index (χ1v) is 14.6. The van der Waals surface area contributed by atoms with Crippen molar-refractivity contribution in [3.8, 4) is 5.75 Å². The highest BCUT2D eigenvalue weighted by Crippen LogP contribution is 2.38. The van der Waals surface area contributed by atoms with Crippen molar-refractivity contribution in [2.75, 3.05) is 17.1 Å². The maximum atomic E-state index is 13.1. The summed E-state index contributed by atoms with van der Waals surface area (Å²) in [5.41, 5.74) is 2.59. The Morgan fingerprint density at radius 3 is 2.64 bits per heavy atom. The SMILES string of the molecule is [2H]C1([2H])CC(c2cc(OC(C)C)c(Nc3ncc(Cl)c(Nc4ccccc4S(=O)(=O)C([2H])(C)C)n3)cc2C)CC([2H])(C)N1. The Labute approximate surface area is 242 Å². The minimum Gasteiger partial charge on any atom is -0.489 e. The van der Waals surface area contributed by atoms with Crippen LogP contribution in [0.25, 0.3) is 0 Å². The molecule has 2 aromatic carbocycles. The van der Waals surface area contributed by atoms with Gasteiger partial charge in [0.25, 0.3) is 0 Å². The van der Waals surface area contributed by atoms with Gasteiger partial charge in [0.05, 0.1) is 33.8 Å². The van der Waals surface area contributed by atoms with Crippen LogP contribution in [0.15, 0.2) is 47.5 Å². The second kappa shape index (κ2) is 12.1. The van der Waals surface area contributed by atoms with Crippen LogP contribution in [0, 0.1) is 6.92 Å². The number of para-hydroxylation sites is 1. The van der Waals surface area contributed by atoms with E-state index in [0.717, 1.165) is 11.1 Å². The maximum Gasteiger partial charge on any atom is 0.229 e. The van der Waals surface area contributed by atoms with Gasteiger partial charge in [-0.3, -0.25) is 0 Å². The number of hydrogen-bond acceptors (Lipinski definition) is 8. The maximum absolute atomic E-state index is 13.1. The number of anilines is 4. The van der Waals surface area contributed by atoms with E-state index in [4.69, 9.17) is 21.8 Å². The van der Waals surface area contributed by atoms with Crippen molar-refractivity contribution in [1.82, 2.24) is 15.3 Å². The lowest BCUT2D eigenvalue weighted by atomic mass is 9.84. The summed E-state index contributed by atoms with van der Waals surface area (Å²) in [6.45, 7) is 8.36. The summed E-state index contributed by atoms with van der Waals surface area (Å²) < 4.78 is 65.5. The molecule has 39 heavy (non-hydrogen) atoms. The molecule has 1 aliphatic heterocycles. The van der Waals surface area contributed by atoms with Gasteiger partial charge in [-0.2, -0.15) is 4.98 Å². The van der Waals surface area contributed by atoms with Crippen LogP contribution in [0.3, 0.4) is 0 Å². The molecular weight excluding hydrogens is 534 g/mol. The van der Waals surface area contributed by atoms with Crippen LogP contribution in [-0.4, -0.2) is 42.2 Å². The lowest BCUT2D eigenvalue weighted by molar-refractivity contribution is 0.243. The number of aromatic nitrogens is 2. The number of piperidine rings is 1. The van der Waals surface area contributed by atoms with E-state index in [-0.39, 0.29) is 45.8 Å². The molecule has 2 unspecified atom stereocenters. The molecule has 1 aliphatic rings. The first kappa shape index (κ1) is 24.0. The zero-order valence-corrected chi connectivity index (χ0v) is 24.6. The lowest BCUT2D eigenvalue weighted by Crippen LogP contribution is -2.35. The highest BCUT2D eigenvalue weighted by atomic mass is 35.5. The quantitative estimate of drug-likeness (QED) is 0.257. The smallest absolute Gasteiger partial charge is 0.229 e. The Balaban J connectivity index is 1.69. The molecule has 0 radical (unpaired) electrons. The average Bonchev–Trinajstić information content (AvgIpc) is 2.85. The van der Waals surface area contributed by atoms with Crippen molar-refractivity contribution in [3.05, 3.63) is 58.7 Å². The van der Waals surface area contributed by atoms with Crippen LogP contribution in [-0.2, 0) is 9.84 Å². The molecule has 3 aromatic rings. The van der Waals surface area contributed by atoms with Crippen molar-refractivity contribution in [2.24, 2.45) is 0 Å². The second-order valence-corrected chi connectivity index (χ2v) is 12.8. The summed E-state index contributed by atoms with van der Waals surface area (Å²) >= 11 is 6.41. The monoisotopic (exact) mass is 575 g/mol. The van der Waals surface area contributed by atoms with E-state index in [1.807, 2.05) is 32.9 Å². The van der Waals surface area contributed by atoms with Gasteiger partial charge >= 0.3 is 0 Å². The Morgan fingerprint density at radius 2 is 1.95 bits per heavy atom. The van der Waals surface area contributed by atoms with Gasteiger partial charge in [-0.25, -0.2) is 13.4 Å². The van der Waals surface area contributed by atoms with Gasteiger partial charge in [0.2, 0.25) is 5.95 Å². The lowest BCUT2D eigenvalue weighted by Gasteiger charge is -2.30. The first-order valence-electron chi connectivity index (χ1n) is 14.8. The molecule has 1 fully saturated rings. The summed E-state index contributed by atoms with van der Waals surface area (Å²) in [5.74, 6) is 0.653. The van der Waals surface area contributed by atoms with E-state index in [1.165, 1.54) is 26.1 Å². The Kier molecular flexibility index (Phi) is 7.44. The molecule has 10 heteroatoms. The fraction of sp³-hybridized carbons (Fsp3) is 0.448. The second-order valence-electron chi connectivity index (χ2n) is 10.1. The molecule has 8 nitrogen and oxygen atoms in total. The molecule has 1 aromatic heterocycles. The van der Waals surface area contributed by atoms with E-state index < -0.39 is 27.6 Å². The molecule has 1 saturated heterocycles.